The van der Waals surface area contributed by atoms with E-state index in [0.717, 1.165) is 17.8 Å². The van der Waals surface area contributed by atoms with E-state index in [1.54, 1.807) is 0 Å². The van der Waals surface area contributed by atoms with E-state index in [1.165, 1.54) is 0 Å². The van der Waals surface area contributed by atoms with Crippen LogP contribution in [0.4, 0.5) is 0 Å². The van der Waals surface area contributed by atoms with E-state index in [9.17, 15) is 0 Å². The van der Waals surface area contributed by atoms with Gasteiger partial charge >= 0.3 is 0 Å². The van der Waals surface area contributed by atoms with Crippen molar-refractivity contribution in [2.24, 2.45) is 0 Å². The summed E-state index contributed by atoms with van der Waals surface area (Å²) in [4.78, 5) is 0. The summed E-state index contributed by atoms with van der Waals surface area (Å²) < 4.78 is 0. The van der Waals surface area contributed by atoms with Crippen LogP contribution in [-0.2, 0) is 0 Å². The monoisotopic (exact) mass is 163 g/mol. The summed E-state index contributed by atoms with van der Waals surface area (Å²) in [5.41, 5.74) is 1.74. The Bertz CT molecular complexity index is 209. The van der Waals surface area contributed by atoms with Crippen LogP contribution in [0.1, 0.15) is 20.3 Å². The van der Waals surface area contributed by atoms with Crippen molar-refractivity contribution in [2.45, 2.75) is 20.3 Å². The van der Waals surface area contributed by atoms with Crippen LogP contribution in [0.5, 0.6) is 0 Å². The molecule has 0 atom stereocenters. The number of nitrogens with one attached hydrogen (secondary N) is 1. The molecule has 0 radical (unpaired) electrons. The molecule has 0 bridgehead atoms. The summed E-state index contributed by atoms with van der Waals surface area (Å²) in [6.07, 6.45) is 8.88. The smallest absolute Gasteiger partial charge is 0.0307 e. The normalized spacial score (nSPS) is 10.8. The molecule has 1 N–H and O–H groups in total. The van der Waals surface area contributed by atoms with Crippen molar-refractivity contribution >= 4 is 0 Å². The van der Waals surface area contributed by atoms with Crippen LogP contribution >= 0.6 is 0 Å². The lowest BCUT2D eigenvalue weighted by atomic mass is 10.3. The second kappa shape index (κ2) is 6.47. The standard InChI is InChI=1S/C11H17N/c1-5-7-9-11(4)12-10(3)8-6-2/h6-9,12H,3-5H2,1-2H3/b8-6-,9-7-. The fourth-order valence-corrected chi connectivity index (χ4v) is 0.751. The van der Waals surface area contributed by atoms with Crippen molar-refractivity contribution in [3.8, 4) is 0 Å². The lowest BCUT2D eigenvalue weighted by Gasteiger charge is -2.03. The van der Waals surface area contributed by atoms with E-state index in [-0.39, 0.29) is 0 Å². The Morgan fingerprint density at radius 3 is 2.33 bits per heavy atom. The van der Waals surface area contributed by atoms with Gasteiger partial charge in [0.15, 0.2) is 0 Å². The Morgan fingerprint density at radius 1 is 1.25 bits per heavy atom. The van der Waals surface area contributed by atoms with Crippen molar-refractivity contribution in [3.63, 3.8) is 0 Å². The van der Waals surface area contributed by atoms with Crippen LogP contribution < -0.4 is 5.32 Å². The van der Waals surface area contributed by atoms with Gasteiger partial charge < -0.3 is 5.32 Å². The molecule has 0 amide bonds. The topological polar surface area (TPSA) is 12.0 Å². The average molecular weight is 163 g/mol. The molecule has 0 saturated carbocycles. The lowest BCUT2D eigenvalue weighted by molar-refractivity contribution is 1.05. The molecule has 0 aromatic carbocycles. The van der Waals surface area contributed by atoms with Gasteiger partial charge in [0.25, 0.3) is 0 Å². The van der Waals surface area contributed by atoms with E-state index < -0.39 is 0 Å². The first-order chi connectivity index (χ1) is 5.70. The fourth-order valence-electron chi connectivity index (χ4n) is 0.751. The van der Waals surface area contributed by atoms with E-state index in [4.69, 9.17) is 0 Å². The number of rotatable bonds is 5. The van der Waals surface area contributed by atoms with Gasteiger partial charge in [-0.25, -0.2) is 0 Å². The third-order valence-corrected chi connectivity index (χ3v) is 1.24. The lowest BCUT2D eigenvalue weighted by Crippen LogP contribution is -2.06. The predicted molar refractivity (Wildman–Crippen MR) is 55.7 cm³/mol. The Balaban J connectivity index is 3.85. The summed E-state index contributed by atoms with van der Waals surface area (Å²) in [6.45, 7) is 11.7. The van der Waals surface area contributed by atoms with Crippen LogP contribution in [0.25, 0.3) is 0 Å². The molecule has 12 heavy (non-hydrogen) atoms. The quantitative estimate of drug-likeness (QED) is 0.614. The summed E-state index contributed by atoms with van der Waals surface area (Å²) in [6, 6.07) is 0. The van der Waals surface area contributed by atoms with Gasteiger partial charge in [-0.1, -0.05) is 32.2 Å². The van der Waals surface area contributed by atoms with Gasteiger partial charge in [-0.15, -0.1) is 0 Å². The second-order valence-electron chi connectivity index (χ2n) is 2.49. The third kappa shape index (κ3) is 5.54. The minimum absolute atomic E-state index is 0.864. The van der Waals surface area contributed by atoms with Gasteiger partial charge in [-0.05, 0) is 25.5 Å². The van der Waals surface area contributed by atoms with Crippen LogP contribution in [-0.4, -0.2) is 0 Å². The highest BCUT2D eigenvalue weighted by Gasteiger charge is 1.86. The van der Waals surface area contributed by atoms with E-state index >= 15 is 0 Å². The van der Waals surface area contributed by atoms with E-state index in [2.05, 4.69) is 31.5 Å². The minimum Gasteiger partial charge on any atom is -0.357 e. The Morgan fingerprint density at radius 2 is 1.83 bits per heavy atom. The minimum atomic E-state index is 0.864. The highest BCUT2D eigenvalue weighted by Crippen LogP contribution is 1.95. The highest BCUT2D eigenvalue weighted by atomic mass is 14.9. The zero-order valence-electron chi connectivity index (χ0n) is 7.93. The fraction of sp³-hybridized carbons (Fsp3) is 0.273. The first-order valence-electron chi connectivity index (χ1n) is 4.14. The molecular formula is C11H17N. The molecule has 0 aromatic heterocycles. The molecule has 0 aromatic rings. The molecule has 1 nitrogen and oxygen atoms in total. The average Bonchev–Trinajstić information content (AvgIpc) is 2.01. The third-order valence-electron chi connectivity index (χ3n) is 1.24. The Labute approximate surface area is 75.2 Å². The van der Waals surface area contributed by atoms with Crippen LogP contribution in [0.3, 0.4) is 0 Å². The van der Waals surface area contributed by atoms with Crippen molar-refractivity contribution in [1.82, 2.24) is 5.32 Å². The van der Waals surface area contributed by atoms with Crippen LogP contribution in [0.2, 0.25) is 0 Å². The molecule has 0 spiro atoms. The Hall–Kier alpha value is -1.24. The molecule has 0 heterocycles. The summed E-state index contributed by atoms with van der Waals surface area (Å²) in [5.74, 6) is 0. The zero-order valence-corrected chi connectivity index (χ0v) is 7.93. The van der Waals surface area contributed by atoms with Gasteiger partial charge in [0.1, 0.15) is 0 Å². The first kappa shape index (κ1) is 10.8. The molecule has 1 heteroatoms. The van der Waals surface area contributed by atoms with Crippen LogP contribution in [0.15, 0.2) is 48.9 Å². The molecule has 0 saturated heterocycles. The SMILES string of the molecule is C=C(/C=C\C)NC(=C)/C=C\CC. The maximum absolute atomic E-state index is 3.82. The molecule has 0 unspecified atom stereocenters. The molecule has 0 aliphatic heterocycles. The van der Waals surface area contributed by atoms with Gasteiger partial charge in [-0.2, -0.15) is 0 Å². The number of hydrogen-bond acceptors (Lipinski definition) is 1. The number of allylic oxidation sites excluding steroid dienone is 4. The molecule has 0 aliphatic carbocycles. The summed E-state index contributed by atoms with van der Waals surface area (Å²) >= 11 is 0. The van der Waals surface area contributed by atoms with Gasteiger partial charge in [0, 0.05) is 11.4 Å². The molecule has 0 fully saturated rings. The van der Waals surface area contributed by atoms with Gasteiger partial charge in [-0.3, -0.25) is 0 Å². The summed E-state index contributed by atoms with van der Waals surface area (Å²) in [5, 5.41) is 3.05. The molecule has 66 valence electrons. The molecule has 0 aliphatic rings. The zero-order chi connectivity index (χ0) is 9.40. The highest BCUT2D eigenvalue weighted by molar-refractivity contribution is 5.22. The Kier molecular flexibility index (Phi) is 5.80. The first-order valence-corrected chi connectivity index (χ1v) is 4.14. The molecular weight excluding hydrogens is 146 g/mol. The van der Waals surface area contributed by atoms with Crippen LogP contribution in [0, 0.1) is 0 Å². The van der Waals surface area contributed by atoms with E-state index in [0.29, 0.717) is 0 Å². The predicted octanol–water partition coefficient (Wildman–Crippen LogP) is 3.15. The maximum atomic E-state index is 3.82. The largest absolute Gasteiger partial charge is 0.357 e. The van der Waals surface area contributed by atoms with Crippen molar-refractivity contribution in [1.29, 1.82) is 0 Å². The summed E-state index contributed by atoms with van der Waals surface area (Å²) in [7, 11) is 0. The molecule has 0 rings (SSSR count). The van der Waals surface area contributed by atoms with Crippen molar-refractivity contribution in [2.75, 3.05) is 0 Å². The van der Waals surface area contributed by atoms with Gasteiger partial charge in [0.05, 0.1) is 0 Å². The van der Waals surface area contributed by atoms with Crippen molar-refractivity contribution < 1.29 is 0 Å². The second-order valence-corrected chi connectivity index (χ2v) is 2.49. The van der Waals surface area contributed by atoms with Gasteiger partial charge in [0.2, 0.25) is 0 Å². The van der Waals surface area contributed by atoms with Crippen molar-refractivity contribution in [3.05, 3.63) is 48.9 Å². The maximum Gasteiger partial charge on any atom is 0.0307 e. The van der Waals surface area contributed by atoms with E-state index in [1.807, 2.05) is 25.2 Å². The number of hydrogen-bond donors (Lipinski definition) is 1.